The van der Waals surface area contributed by atoms with Crippen molar-refractivity contribution in [3.63, 3.8) is 0 Å². The van der Waals surface area contributed by atoms with Crippen LogP contribution in [0.25, 0.3) is 11.0 Å². The van der Waals surface area contributed by atoms with E-state index >= 15 is 0 Å². The van der Waals surface area contributed by atoms with Crippen molar-refractivity contribution >= 4 is 22.8 Å². The van der Waals surface area contributed by atoms with Gasteiger partial charge in [0.2, 0.25) is 5.76 Å². The molecular weight excluding hydrogens is 370 g/mol. The van der Waals surface area contributed by atoms with Gasteiger partial charge in [-0.25, -0.2) is 4.98 Å². The second-order valence-corrected chi connectivity index (χ2v) is 7.86. The molecule has 8 nitrogen and oxygen atoms in total. The number of hydrogen-bond donors (Lipinski definition) is 1. The molecule has 3 aromatic rings. The molecule has 1 amide bonds. The summed E-state index contributed by atoms with van der Waals surface area (Å²) in [4.78, 5) is 25.0. The number of carbonyl (C=O) groups is 1. The Bertz CT molecular complexity index is 1010. The number of carbonyl (C=O) groups excluding carboxylic acids is 1. The molecule has 4 heterocycles. The van der Waals surface area contributed by atoms with Crippen LogP contribution in [0.15, 0.2) is 28.8 Å². The van der Waals surface area contributed by atoms with Gasteiger partial charge in [-0.1, -0.05) is 11.2 Å². The smallest absolute Gasteiger partial charge is 0.292 e. The van der Waals surface area contributed by atoms with E-state index in [-0.39, 0.29) is 5.91 Å². The summed E-state index contributed by atoms with van der Waals surface area (Å²) in [5.74, 6) is 2.29. The minimum absolute atomic E-state index is 0.0873. The molecule has 8 heteroatoms. The maximum absolute atomic E-state index is 12.8. The largest absolute Gasteiger partial charge is 0.378 e. The highest BCUT2D eigenvalue weighted by atomic mass is 16.5. The monoisotopic (exact) mass is 395 g/mol. The first-order chi connectivity index (χ1) is 14.2. The van der Waals surface area contributed by atoms with Crippen molar-refractivity contribution in [3.05, 3.63) is 41.4 Å². The second-order valence-electron chi connectivity index (χ2n) is 7.86. The van der Waals surface area contributed by atoms with Crippen LogP contribution in [-0.4, -0.2) is 65.3 Å². The number of aryl methyl sites for hydroxylation is 1. The van der Waals surface area contributed by atoms with E-state index in [4.69, 9.17) is 14.2 Å². The van der Waals surface area contributed by atoms with Gasteiger partial charge in [-0.15, -0.1) is 0 Å². The summed E-state index contributed by atoms with van der Waals surface area (Å²) in [6, 6.07) is 8.01. The molecule has 0 bridgehead atoms. The first-order valence-electron chi connectivity index (χ1n) is 10.2. The summed E-state index contributed by atoms with van der Waals surface area (Å²) in [6.45, 7) is 6.33. The van der Waals surface area contributed by atoms with Gasteiger partial charge in [0.1, 0.15) is 5.82 Å². The van der Waals surface area contributed by atoms with Crippen LogP contribution in [-0.2, 0) is 4.74 Å². The van der Waals surface area contributed by atoms with E-state index in [0.29, 0.717) is 43.8 Å². The van der Waals surface area contributed by atoms with Crippen LogP contribution in [0.2, 0.25) is 0 Å². The number of nitrogens with one attached hydrogen (secondary N) is 1. The molecule has 1 aromatic carbocycles. The SMILES string of the molecule is Cc1ccc2nc(C3CCN(C(=O)c4cc(N5CCOCC5)no4)CC3)[nH]c2c1. The molecule has 2 aliphatic heterocycles. The van der Waals surface area contributed by atoms with Crippen LogP contribution in [0.1, 0.15) is 40.7 Å². The van der Waals surface area contributed by atoms with E-state index in [2.05, 4.69) is 40.2 Å². The lowest BCUT2D eigenvalue weighted by atomic mass is 9.96. The lowest BCUT2D eigenvalue weighted by Gasteiger charge is -2.30. The number of morpholine rings is 1. The van der Waals surface area contributed by atoms with Crippen LogP contribution in [0.3, 0.4) is 0 Å². The van der Waals surface area contributed by atoms with Crippen LogP contribution < -0.4 is 4.90 Å². The molecule has 0 aliphatic carbocycles. The Hall–Kier alpha value is -2.87. The quantitative estimate of drug-likeness (QED) is 0.734. The third-order valence-electron chi connectivity index (χ3n) is 5.87. The number of aromatic nitrogens is 3. The summed E-state index contributed by atoms with van der Waals surface area (Å²) in [7, 11) is 0. The molecule has 2 aliphatic rings. The number of likely N-dealkylation sites (tertiary alicyclic amines) is 1. The first-order valence-corrected chi connectivity index (χ1v) is 10.2. The normalized spacial score (nSPS) is 18.5. The highest BCUT2D eigenvalue weighted by molar-refractivity contribution is 5.92. The van der Waals surface area contributed by atoms with Crippen LogP contribution in [0.5, 0.6) is 0 Å². The number of aromatic amines is 1. The Kier molecular flexibility index (Phi) is 4.71. The molecule has 0 spiro atoms. The van der Waals surface area contributed by atoms with E-state index < -0.39 is 0 Å². The Morgan fingerprint density at radius 3 is 2.72 bits per heavy atom. The summed E-state index contributed by atoms with van der Waals surface area (Å²) in [5, 5.41) is 4.08. The predicted molar refractivity (Wildman–Crippen MR) is 108 cm³/mol. The molecule has 0 atom stereocenters. The number of ether oxygens (including phenoxy) is 1. The van der Waals surface area contributed by atoms with Gasteiger partial charge in [0.15, 0.2) is 5.82 Å². The third-order valence-corrected chi connectivity index (χ3v) is 5.87. The van der Waals surface area contributed by atoms with E-state index in [9.17, 15) is 4.79 Å². The number of fused-ring (bicyclic) bond motifs is 1. The van der Waals surface area contributed by atoms with Gasteiger partial charge in [0.25, 0.3) is 5.91 Å². The number of imidazole rings is 1. The Morgan fingerprint density at radius 2 is 1.93 bits per heavy atom. The van der Waals surface area contributed by atoms with Gasteiger partial charge in [-0.05, 0) is 37.5 Å². The molecule has 5 rings (SSSR count). The fraction of sp³-hybridized carbons (Fsp3) is 0.476. The third kappa shape index (κ3) is 3.60. The van der Waals surface area contributed by atoms with Gasteiger partial charge in [0.05, 0.1) is 24.2 Å². The number of rotatable bonds is 3. The van der Waals surface area contributed by atoms with Crippen molar-refractivity contribution in [2.75, 3.05) is 44.3 Å². The maximum atomic E-state index is 12.8. The molecule has 29 heavy (non-hydrogen) atoms. The average Bonchev–Trinajstić information content (AvgIpc) is 3.41. The summed E-state index contributed by atoms with van der Waals surface area (Å²) < 4.78 is 10.7. The fourth-order valence-corrected chi connectivity index (χ4v) is 4.16. The minimum atomic E-state index is -0.0873. The van der Waals surface area contributed by atoms with Crippen molar-refractivity contribution in [2.24, 2.45) is 0 Å². The zero-order valence-corrected chi connectivity index (χ0v) is 16.6. The molecule has 2 fully saturated rings. The van der Waals surface area contributed by atoms with Gasteiger partial charge >= 0.3 is 0 Å². The summed E-state index contributed by atoms with van der Waals surface area (Å²) in [5.41, 5.74) is 3.30. The highest BCUT2D eigenvalue weighted by Gasteiger charge is 2.29. The Morgan fingerprint density at radius 1 is 1.14 bits per heavy atom. The van der Waals surface area contributed by atoms with Crippen molar-refractivity contribution in [2.45, 2.75) is 25.7 Å². The summed E-state index contributed by atoms with van der Waals surface area (Å²) >= 11 is 0. The van der Waals surface area contributed by atoms with Gasteiger partial charge in [0, 0.05) is 38.2 Å². The van der Waals surface area contributed by atoms with E-state index in [1.165, 1.54) is 5.56 Å². The summed E-state index contributed by atoms with van der Waals surface area (Å²) in [6.07, 6.45) is 1.77. The standard InChI is InChI=1S/C21H25N5O3/c1-14-2-3-16-17(12-14)23-20(22-16)15-4-6-26(7-5-15)21(27)18-13-19(24-29-18)25-8-10-28-11-9-25/h2-3,12-13,15H,4-11H2,1H3,(H,22,23). The van der Waals surface area contributed by atoms with E-state index in [1.54, 1.807) is 6.07 Å². The van der Waals surface area contributed by atoms with Crippen LogP contribution in [0.4, 0.5) is 5.82 Å². The average molecular weight is 395 g/mol. The number of benzene rings is 1. The van der Waals surface area contributed by atoms with Gasteiger partial charge in [-0.2, -0.15) is 0 Å². The Balaban J connectivity index is 1.23. The molecular formula is C21H25N5O3. The first kappa shape index (κ1) is 18.2. The molecule has 1 N–H and O–H groups in total. The van der Waals surface area contributed by atoms with Gasteiger partial charge < -0.3 is 24.0 Å². The number of anilines is 1. The molecule has 0 unspecified atom stereocenters. The van der Waals surface area contributed by atoms with Crippen molar-refractivity contribution < 1.29 is 14.1 Å². The lowest BCUT2D eigenvalue weighted by Crippen LogP contribution is -2.38. The number of hydrogen-bond acceptors (Lipinski definition) is 6. The highest BCUT2D eigenvalue weighted by Crippen LogP contribution is 2.29. The second kappa shape index (κ2) is 7.51. The number of piperidine rings is 1. The van der Waals surface area contributed by atoms with Crippen molar-refractivity contribution in [1.82, 2.24) is 20.0 Å². The van der Waals surface area contributed by atoms with Crippen molar-refractivity contribution in [3.8, 4) is 0 Å². The molecule has 152 valence electrons. The fourth-order valence-electron chi connectivity index (χ4n) is 4.16. The zero-order chi connectivity index (χ0) is 19.8. The molecule has 0 saturated carbocycles. The predicted octanol–water partition coefficient (Wildman–Crippen LogP) is 2.72. The minimum Gasteiger partial charge on any atom is -0.378 e. The number of H-pyrrole nitrogens is 1. The lowest BCUT2D eigenvalue weighted by molar-refractivity contribution is 0.0669. The van der Waals surface area contributed by atoms with Crippen LogP contribution >= 0.6 is 0 Å². The van der Waals surface area contributed by atoms with Gasteiger partial charge in [-0.3, -0.25) is 4.79 Å². The molecule has 2 saturated heterocycles. The topological polar surface area (TPSA) is 87.5 Å². The maximum Gasteiger partial charge on any atom is 0.292 e. The zero-order valence-electron chi connectivity index (χ0n) is 16.6. The number of nitrogens with zero attached hydrogens (tertiary/aromatic N) is 4. The van der Waals surface area contributed by atoms with Crippen LogP contribution in [0, 0.1) is 6.92 Å². The molecule has 2 aromatic heterocycles. The van der Waals surface area contributed by atoms with E-state index in [1.807, 2.05) is 4.90 Å². The van der Waals surface area contributed by atoms with E-state index in [0.717, 1.165) is 42.8 Å². The molecule has 0 radical (unpaired) electrons. The Labute approximate surface area is 168 Å². The number of amides is 1. The van der Waals surface area contributed by atoms with Crippen molar-refractivity contribution in [1.29, 1.82) is 0 Å².